The normalized spacial score (nSPS) is 13.7. The minimum Gasteiger partial charge on any atom is -0.304 e. The van der Waals surface area contributed by atoms with E-state index in [1.54, 1.807) is 24.3 Å². The molecular weight excluding hydrogens is 388 g/mol. The Kier molecular flexibility index (Phi) is 6.20. The zero-order valence-electron chi connectivity index (χ0n) is 14.1. The molecule has 130 valence electrons. The van der Waals surface area contributed by atoms with E-state index in [2.05, 4.69) is 45.0 Å². The van der Waals surface area contributed by atoms with Gasteiger partial charge in [-0.3, -0.25) is 0 Å². The molecule has 0 spiro atoms. The average Bonchev–Trinajstić information content (AvgIpc) is 2.54. The Hall–Kier alpha value is -1.21. The third kappa shape index (κ3) is 5.41. The molecule has 0 aromatic heterocycles. The van der Waals surface area contributed by atoms with Crippen LogP contribution >= 0.6 is 15.9 Å². The van der Waals surface area contributed by atoms with Crippen LogP contribution in [0.15, 0.2) is 64.0 Å². The van der Waals surface area contributed by atoms with Crippen LogP contribution in [-0.4, -0.2) is 20.5 Å². The monoisotopic (exact) mass is 410 g/mol. The zero-order chi connectivity index (χ0) is 17.8. The number of hydrogen-bond acceptors (Lipinski definition) is 3. The molecular formula is C18H23BrN2O2S. The lowest BCUT2D eigenvalue weighted by atomic mass is 10.0. The highest BCUT2D eigenvalue weighted by molar-refractivity contribution is 9.10. The fourth-order valence-electron chi connectivity index (χ4n) is 2.46. The molecule has 6 heteroatoms. The lowest BCUT2D eigenvalue weighted by molar-refractivity contribution is 0.346. The molecule has 2 aromatic rings. The first kappa shape index (κ1) is 19.1. The van der Waals surface area contributed by atoms with Crippen LogP contribution in [0.3, 0.4) is 0 Å². The molecule has 1 atom stereocenters. The van der Waals surface area contributed by atoms with Crippen molar-refractivity contribution in [1.82, 2.24) is 10.0 Å². The Labute approximate surface area is 152 Å². The minimum atomic E-state index is -3.54. The fraction of sp³-hybridized carbons (Fsp3) is 0.333. The minimum absolute atomic E-state index is 0.122. The summed E-state index contributed by atoms with van der Waals surface area (Å²) in [4.78, 5) is 0.254. The van der Waals surface area contributed by atoms with Crippen molar-refractivity contribution in [1.29, 1.82) is 0 Å². The first-order chi connectivity index (χ1) is 11.2. The van der Waals surface area contributed by atoms with Crippen molar-refractivity contribution < 1.29 is 8.42 Å². The van der Waals surface area contributed by atoms with Gasteiger partial charge in [0.25, 0.3) is 0 Å². The van der Waals surface area contributed by atoms with E-state index < -0.39 is 15.6 Å². The van der Waals surface area contributed by atoms with Crippen LogP contribution < -0.4 is 10.0 Å². The molecule has 0 amide bonds. The molecule has 2 aromatic carbocycles. The maximum atomic E-state index is 12.4. The summed E-state index contributed by atoms with van der Waals surface area (Å²) in [7, 11) is -3.54. The first-order valence-electron chi connectivity index (χ1n) is 7.77. The van der Waals surface area contributed by atoms with Gasteiger partial charge in [0.05, 0.1) is 4.90 Å². The van der Waals surface area contributed by atoms with Gasteiger partial charge in [-0.2, -0.15) is 0 Å². The molecule has 2 rings (SSSR count). The summed E-state index contributed by atoms with van der Waals surface area (Å²) in [5.74, 6) is 0. The van der Waals surface area contributed by atoms with Crippen LogP contribution in [0.2, 0.25) is 0 Å². The van der Waals surface area contributed by atoms with E-state index >= 15 is 0 Å². The van der Waals surface area contributed by atoms with Crippen molar-refractivity contribution in [2.75, 3.05) is 6.54 Å². The summed E-state index contributed by atoms with van der Waals surface area (Å²) < 4.78 is 28.3. The van der Waals surface area contributed by atoms with Gasteiger partial charge in [-0.1, -0.05) is 52.3 Å². The third-order valence-electron chi connectivity index (χ3n) is 3.72. The second kappa shape index (κ2) is 7.78. The van der Waals surface area contributed by atoms with E-state index in [4.69, 9.17) is 0 Å². The second-order valence-electron chi connectivity index (χ2n) is 6.44. The highest BCUT2D eigenvalue weighted by atomic mass is 79.9. The van der Waals surface area contributed by atoms with Gasteiger partial charge in [-0.25, -0.2) is 13.1 Å². The van der Waals surface area contributed by atoms with Crippen LogP contribution in [0.4, 0.5) is 0 Å². The predicted molar refractivity (Wildman–Crippen MR) is 101 cm³/mol. The molecule has 0 saturated heterocycles. The van der Waals surface area contributed by atoms with Crippen molar-refractivity contribution in [3.05, 3.63) is 64.6 Å². The quantitative estimate of drug-likeness (QED) is 0.728. The highest BCUT2D eigenvalue weighted by Gasteiger charge is 2.24. The topological polar surface area (TPSA) is 58.2 Å². The van der Waals surface area contributed by atoms with Crippen LogP contribution in [0, 0.1) is 0 Å². The molecule has 0 heterocycles. The fourth-order valence-corrected chi connectivity index (χ4v) is 4.26. The van der Waals surface area contributed by atoms with Crippen molar-refractivity contribution >= 4 is 26.0 Å². The Bertz CT molecular complexity index is 777. The first-order valence-corrected chi connectivity index (χ1v) is 10.1. The van der Waals surface area contributed by atoms with Gasteiger partial charge >= 0.3 is 0 Å². The molecule has 0 aliphatic heterocycles. The maximum absolute atomic E-state index is 12.4. The van der Waals surface area contributed by atoms with Gasteiger partial charge in [-0.05, 0) is 44.5 Å². The molecule has 24 heavy (non-hydrogen) atoms. The van der Waals surface area contributed by atoms with E-state index in [9.17, 15) is 8.42 Å². The Morgan fingerprint density at radius 2 is 1.75 bits per heavy atom. The van der Waals surface area contributed by atoms with E-state index in [0.29, 0.717) is 6.54 Å². The summed E-state index contributed by atoms with van der Waals surface area (Å²) in [6, 6.07) is 16.9. The molecule has 1 unspecified atom stereocenters. The summed E-state index contributed by atoms with van der Waals surface area (Å²) >= 11 is 3.30. The van der Waals surface area contributed by atoms with Crippen molar-refractivity contribution in [2.45, 2.75) is 37.2 Å². The SMILES string of the molecule is CC(NC(C)(C)CNS(=O)(=O)c1cccc(Br)c1)c1ccccc1. The van der Waals surface area contributed by atoms with Gasteiger partial charge in [0, 0.05) is 22.6 Å². The number of halogens is 1. The van der Waals surface area contributed by atoms with Gasteiger partial charge in [0.1, 0.15) is 0 Å². The lowest BCUT2D eigenvalue weighted by Crippen LogP contribution is -2.49. The van der Waals surface area contributed by atoms with Gasteiger partial charge in [0.15, 0.2) is 0 Å². The molecule has 0 bridgehead atoms. The molecule has 0 fully saturated rings. The van der Waals surface area contributed by atoms with Crippen LogP contribution in [0.1, 0.15) is 32.4 Å². The molecule has 2 N–H and O–H groups in total. The second-order valence-corrected chi connectivity index (χ2v) is 9.13. The number of rotatable bonds is 7. The van der Waals surface area contributed by atoms with Crippen molar-refractivity contribution in [2.24, 2.45) is 0 Å². The number of benzene rings is 2. The summed E-state index contributed by atoms with van der Waals surface area (Å²) in [6.45, 7) is 6.32. The smallest absolute Gasteiger partial charge is 0.240 e. The largest absolute Gasteiger partial charge is 0.304 e. The Morgan fingerprint density at radius 3 is 2.38 bits per heavy atom. The average molecular weight is 411 g/mol. The summed E-state index contributed by atoms with van der Waals surface area (Å²) in [5.41, 5.74) is 0.773. The van der Waals surface area contributed by atoms with Crippen molar-refractivity contribution in [3.8, 4) is 0 Å². The molecule has 4 nitrogen and oxygen atoms in total. The van der Waals surface area contributed by atoms with Gasteiger partial charge in [-0.15, -0.1) is 0 Å². The Morgan fingerprint density at radius 1 is 1.08 bits per heavy atom. The molecule has 0 radical (unpaired) electrons. The number of nitrogens with one attached hydrogen (secondary N) is 2. The van der Waals surface area contributed by atoms with Crippen LogP contribution in [-0.2, 0) is 10.0 Å². The predicted octanol–water partition coefficient (Wildman–Crippen LogP) is 3.86. The van der Waals surface area contributed by atoms with Crippen molar-refractivity contribution in [3.63, 3.8) is 0 Å². The number of hydrogen-bond donors (Lipinski definition) is 2. The van der Waals surface area contributed by atoms with Crippen LogP contribution in [0.5, 0.6) is 0 Å². The van der Waals surface area contributed by atoms with Gasteiger partial charge < -0.3 is 5.32 Å². The summed E-state index contributed by atoms with van der Waals surface area (Å²) in [6.07, 6.45) is 0. The highest BCUT2D eigenvalue weighted by Crippen LogP contribution is 2.18. The molecule has 0 saturated carbocycles. The standard InChI is InChI=1S/C18H23BrN2O2S/c1-14(15-8-5-4-6-9-15)21-18(2,3)13-20-24(22,23)17-11-7-10-16(19)12-17/h4-12,14,20-21H,13H2,1-3H3. The Balaban J connectivity index is 2.01. The van der Waals surface area contributed by atoms with E-state index in [1.807, 2.05) is 32.0 Å². The van der Waals surface area contributed by atoms with E-state index in [0.717, 1.165) is 4.47 Å². The lowest BCUT2D eigenvalue weighted by Gasteiger charge is -2.30. The van der Waals surface area contributed by atoms with E-state index in [1.165, 1.54) is 5.56 Å². The molecule has 0 aliphatic rings. The van der Waals surface area contributed by atoms with E-state index in [-0.39, 0.29) is 10.9 Å². The summed E-state index contributed by atoms with van der Waals surface area (Å²) in [5, 5.41) is 3.47. The van der Waals surface area contributed by atoms with Gasteiger partial charge in [0.2, 0.25) is 10.0 Å². The number of sulfonamides is 1. The zero-order valence-corrected chi connectivity index (χ0v) is 16.5. The maximum Gasteiger partial charge on any atom is 0.240 e. The van der Waals surface area contributed by atoms with Crippen LogP contribution in [0.25, 0.3) is 0 Å². The molecule has 0 aliphatic carbocycles. The third-order valence-corrected chi connectivity index (χ3v) is 5.61.